The molecule has 0 spiro atoms. The van der Waals surface area contributed by atoms with E-state index in [9.17, 15) is 14.4 Å². The fourth-order valence-electron chi connectivity index (χ4n) is 5.49. The topological polar surface area (TPSA) is 87.3 Å². The molecule has 0 bridgehead atoms. The zero-order valence-electron chi connectivity index (χ0n) is 27.8. The molecule has 6 aromatic rings. The van der Waals surface area contributed by atoms with Gasteiger partial charge in [0.1, 0.15) is 10.9 Å². The third-order valence-electron chi connectivity index (χ3n) is 8.20. The molecule has 3 amide bonds. The fourth-order valence-corrected chi connectivity index (χ4v) is 6.51. The van der Waals surface area contributed by atoms with Gasteiger partial charge in [0.25, 0.3) is 11.8 Å². The molecule has 0 aliphatic heterocycles. The van der Waals surface area contributed by atoms with Crippen LogP contribution in [0, 0.1) is 0 Å². The number of benzene rings is 6. The van der Waals surface area contributed by atoms with Crippen LogP contribution in [0.25, 0.3) is 16.8 Å². The molecular weight excluding hydrogens is 639 g/mol. The molecule has 6 rings (SSSR count). The molecule has 0 fully saturated rings. The lowest BCUT2D eigenvalue weighted by Crippen LogP contribution is -2.30. The Kier molecular flexibility index (Phi) is 10.9. The number of thioether (sulfide) groups is 1. The van der Waals surface area contributed by atoms with Gasteiger partial charge in [-0.2, -0.15) is 0 Å². The summed E-state index contributed by atoms with van der Waals surface area (Å²) in [5.74, 6) is -0.582. The van der Waals surface area contributed by atoms with Gasteiger partial charge in [-0.15, -0.1) is 11.8 Å². The van der Waals surface area contributed by atoms with Crippen LogP contribution in [0.2, 0.25) is 0 Å². The van der Waals surface area contributed by atoms with E-state index in [1.807, 2.05) is 115 Å². The summed E-state index contributed by atoms with van der Waals surface area (Å²) in [6.07, 6.45) is 1.70. The SMILES string of the molecule is CC(C)c1ccc(NC(=O)C(Sc2ccc(NC(=O)/C(=C/c3cccc4ccccc34)NC(=O)c3ccccc3)cc2)c2ccccc2)cc1. The molecule has 1 unspecified atom stereocenters. The first-order chi connectivity index (χ1) is 24.3. The number of rotatable bonds is 11. The van der Waals surface area contributed by atoms with Gasteiger partial charge in [-0.25, -0.2) is 0 Å². The summed E-state index contributed by atoms with van der Waals surface area (Å²) in [6, 6.07) is 47.4. The highest BCUT2D eigenvalue weighted by molar-refractivity contribution is 8.00. The van der Waals surface area contributed by atoms with Crippen LogP contribution in [0.1, 0.15) is 52.1 Å². The van der Waals surface area contributed by atoms with Crippen LogP contribution in [0.15, 0.2) is 162 Å². The van der Waals surface area contributed by atoms with Crippen molar-refractivity contribution >= 4 is 57.7 Å². The molecule has 0 aromatic heterocycles. The number of anilines is 2. The van der Waals surface area contributed by atoms with Crippen molar-refractivity contribution in [3.63, 3.8) is 0 Å². The standard InChI is InChI=1S/C43H37N3O3S/c1-29(2)30-20-22-35(23-21-30)45-43(49)40(32-13-5-3-6-14-32)50-37-26-24-36(25-27-37)44-42(48)39(46-41(47)33-15-7-4-8-16-33)28-34-18-11-17-31-12-9-10-19-38(31)34/h3-29,40H,1-2H3,(H,44,48)(H,45,49)(H,46,47)/b39-28-. The van der Waals surface area contributed by atoms with Gasteiger partial charge < -0.3 is 16.0 Å². The van der Waals surface area contributed by atoms with E-state index >= 15 is 0 Å². The molecule has 0 radical (unpaired) electrons. The minimum Gasteiger partial charge on any atom is -0.325 e. The molecule has 50 heavy (non-hydrogen) atoms. The molecule has 7 heteroatoms. The summed E-state index contributed by atoms with van der Waals surface area (Å²) in [6.45, 7) is 4.27. The van der Waals surface area contributed by atoms with Crippen LogP contribution in [0.4, 0.5) is 11.4 Å². The smallest absolute Gasteiger partial charge is 0.272 e. The van der Waals surface area contributed by atoms with Crippen LogP contribution >= 0.6 is 11.8 Å². The average Bonchev–Trinajstić information content (AvgIpc) is 3.15. The summed E-state index contributed by atoms with van der Waals surface area (Å²) in [4.78, 5) is 41.4. The Labute approximate surface area is 296 Å². The predicted molar refractivity (Wildman–Crippen MR) is 205 cm³/mol. The van der Waals surface area contributed by atoms with E-state index in [1.165, 1.54) is 17.3 Å². The molecule has 248 valence electrons. The van der Waals surface area contributed by atoms with Gasteiger partial charge in [0.2, 0.25) is 5.91 Å². The Morgan fingerprint density at radius 1 is 0.600 bits per heavy atom. The maximum absolute atomic E-state index is 13.7. The number of hydrogen-bond acceptors (Lipinski definition) is 4. The zero-order valence-corrected chi connectivity index (χ0v) is 28.6. The minimum absolute atomic E-state index is 0.107. The Morgan fingerprint density at radius 3 is 1.90 bits per heavy atom. The maximum atomic E-state index is 13.7. The van der Waals surface area contributed by atoms with Crippen molar-refractivity contribution in [3.8, 4) is 0 Å². The first-order valence-electron chi connectivity index (χ1n) is 16.4. The van der Waals surface area contributed by atoms with E-state index in [0.29, 0.717) is 17.2 Å². The monoisotopic (exact) mass is 675 g/mol. The van der Waals surface area contributed by atoms with Crippen molar-refractivity contribution in [3.05, 3.63) is 180 Å². The van der Waals surface area contributed by atoms with Gasteiger partial charge in [-0.05, 0) is 88.0 Å². The second-order valence-corrected chi connectivity index (χ2v) is 13.3. The van der Waals surface area contributed by atoms with Gasteiger partial charge in [0.15, 0.2) is 0 Å². The molecule has 3 N–H and O–H groups in total. The lowest BCUT2D eigenvalue weighted by atomic mass is 10.0. The second kappa shape index (κ2) is 16.0. The van der Waals surface area contributed by atoms with Crippen LogP contribution in [0.5, 0.6) is 0 Å². The Hall–Kier alpha value is -5.92. The summed E-state index contributed by atoms with van der Waals surface area (Å²) < 4.78 is 0. The van der Waals surface area contributed by atoms with E-state index in [-0.39, 0.29) is 17.5 Å². The number of amides is 3. The van der Waals surface area contributed by atoms with Gasteiger partial charge in [-0.3, -0.25) is 14.4 Å². The first kappa shape index (κ1) is 34.0. The van der Waals surface area contributed by atoms with E-state index < -0.39 is 11.2 Å². The number of nitrogens with one attached hydrogen (secondary N) is 3. The summed E-state index contributed by atoms with van der Waals surface area (Å²) in [5, 5.41) is 10.3. The number of carbonyl (C=O) groups is 3. The van der Waals surface area contributed by atoms with Crippen LogP contribution in [-0.4, -0.2) is 17.7 Å². The Morgan fingerprint density at radius 2 is 1.20 bits per heavy atom. The highest BCUT2D eigenvalue weighted by Crippen LogP contribution is 2.37. The molecular formula is C43H37N3O3S. The maximum Gasteiger partial charge on any atom is 0.272 e. The largest absolute Gasteiger partial charge is 0.325 e. The van der Waals surface area contributed by atoms with Crippen molar-refractivity contribution in [2.45, 2.75) is 29.9 Å². The molecule has 6 nitrogen and oxygen atoms in total. The third kappa shape index (κ3) is 8.56. The van der Waals surface area contributed by atoms with E-state index in [1.54, 1.807) is 42.5 Å². The molecule has 0 aliphatic rings. The number of hydrogen-bond donors (Lipinski definition) is 3. The highest BCUT2D eigenvalue weighted by atomic mass is 32.2. The normalized spacial score (nSPS) is 11.9. The van der Waals surface area contributed by atoms with E-state index in [2.05, 4.69) is 29.8 Å². The molecule has 1 atom stereocenters. The van der Waals surface area contributed by atoms with Crippen molar-refractivity contribution < 1.29 is 14.4 Å². The lowest BCUT2D eigenvalue weighted by Gasteiger charge is -2.18. The number of fused-ring (bicyclic) bond motifs is 1. The summed E-state index contributed by atoms with van der Waals surface area (Å²) in [5.41, 5.74) is 4.72. The van der Waals surface area contributed by atoms with Crippen molar-refractivity contribution in [2.24, 2.45) is 0 Å². The van der Waals surface area contributed by atoms with Gasteiger partial charge in [0, 0.05) is 21.8 Å². The summed E-state index contributed by atoms with van der Waals surface area (Å²) in [7, 11) is 0. The minimum atomic E-state index is -0.509. The second-order valence-electron chi connectivity index (χ2n) is 12.1. The quantitative estimate of drug-likeness (QED) is 0.0943. The molecule has 6 aromatic carbocycles. The average molecular weight is 676 g/mol. The summed E-state index contributed by atoms with van der Waals surface area (Å²) >= 11 is 1.43. The molecule has 0 saturated heterocycles. The molecule has 0 aliphatic carbocycles. The fraction of sp³-hybridized carbons (Fsp3) is 0.0930. The third-order valence-corrected chi connectivity index (χ3v) is 9.47. The van der Waals surface area contributed by atoms with Gasteiger partial charge in [-0.1, -0.05) is 117 Å². The Balaban J connectivity index is 1.21. The number of carbonyl (C=O) groups excluding carboxylic acids is 3. The van der Waals surface area contributed by atoms with Gasteiger partial charge in [0.05, 0.1) is 0 Å². The van der Waals surface area contributed by atoms with Crippen molar-refractivity contribution in [2.75, 3.05) is 10.6 Å². The molecule has 0 saturated carbocycles. The van der Waals surface area contributed by atoms with E-state index in [4.69, 9.17) is 0 Å². The highest BCUT2D eigenvalue weighted by Gasteiger charge is 2.23. The Bertz CT molecular complexity index is 2120. The van der Waals surface area contributed by atoms with Crippen molar-refractivity contribution in [1.29, 1.82) is 0 Å². The lowest BCUT2D eigenvalue weighted by molar-refractivity contribution is -0.116. The van der Waals surface area contributed by atoms with Crippen molar-refractivity contribution in [1.82, 2.24) is 5.32 Å². The molecule has 0 heterocycles. The zero-order chi connectivity index (χ0) is 34.9. The van der Waals surface area contributed by atoms with Crippen LogP contribution in [-0.2, 0) is 9.59 Å². The van der Waals surface area contributed by atoms with Gasteiger partial charge >= 0.3 is 0 Å². The van der Waals surface area contributed by atoms with Crippen LogP contribution < -0.4 is 16.0 Å². The first-order valence-corrected chi connectivity index (χ1v) is 17.3. The predicted octanol–water partition coefficient (Wildman–Crippen LogP) is 9.84. The van der Waals surface area contributed by atoms with E-state index in [0.717, 1.165) is 32.5 Å². The van der Waals surface area contributed by atoms with Crippen LogP contribution in [0.3, 0.4) is 0 Å².